The highest BCUT2D eigenvalue weighted by atomic mass is 16.2. The largest absolute Gasteiger partial charge is 0.353 e. The number of nitrogens with one attached hydrogen (secondary N) is 2. The van der Waals surface area contributed by atoms with E-state index in [0.29, 0.717) is 5.92 Å². The van der Waals surface area contributed by atoms with Crippen molar-refractivity contribution in [1.29, 1.82) is 0 Å². The van der Waals surface area contributed by atoms with Crippen LogP contribution in [0.5, 0.6) is 0 Å². The summed E-state index contributed by atoms with van der Waals surface area (Å²) in [7, 11) is 0. The molecule has 1 unspecified atom stereocenters. The lowest BCUT2D eigenvalue weighted by Gasteiger charge is -2.33. The number of hydrogen-bond acceptors (Lipinski definition) is 3. The van der Waals surface area contributed by atoms with Gasteiger partial charge in [0.2, 0.25) is 11.8 Å². The van der Waals surface area contributed by atoms with Crippen molar-refractivity contribution < 1.29 is 14.4 Å². The highest BCUT2D eigenvalue weighted by Gasteiger charge is 2.27. The van der Waals surface area contributed by atoms with E-state index < -0.39 is 17.9 Å². The third kappa shape index (κ3) is 4.42. The summed E-state index contributed by atoms with van der Waals surface area (Å²) in [5, 5.41) is 4.81. The Hall–Kier alpha value is -1.59. The van der Waals surface area contributed by atoms with Gasteiger partial charge < -0.3 is 11.1 Å². The van der Waals surface area contributed by atoms with E-state index in [1.165, 1.54) is 0 Å². The maximum Gasteiger partial charge on any atom is 0.318 e. The minimum Gasteiger partial charge on any atom is -0.353 e. The van der Waals surface area contributed by atoms with Gasteiger partial charge in [-0.05, 0) is 18.8 Å². The van der Waals surface area contributed by atoms with Gasteiger partial charge in [-0.2, -0.15) is 0 Å². The average molecular weight is 241 g/mol. The Balaban J connectivity index is 2.25. The van der Waals surface area contributed by atoms with Gasteiger partial charge in [-0.15, -0.1) is 0 Å². The SMILES string of the molecule is CC1CC(NC(=O)CC(C)C(=O)NC(N)=O)C1. The van der Waals surface area contributed by atoms with E-state index in [-0.39, 0.29) is 18.4 Å². The molecule has 6 heteroatoms. The van der Waals surface area contributed by atoms with Crippen LogP contribution in [0.25, 0.3) is 0 Å². The summed E-state index contributed by atoms with van der Waals surface area (Å²) in [6.07, 6.45) is 2.06. The maximum absolute atomic E-state index is 11.5. The van der Waals surface area contributed by atoms with Gasteiger partial charge in [-0.1, -0.05) is 13.8 Å². The summed E-state index contributed by atoms with van der Waals surface area (Å²) in [5.41, 5.74) is 4.82. The van der Waals surface area contributed by atoms with Crippen molar-refractivity contribution in [2.45, 2.75) is 39.2 Å². The molecule has 4 N–H and O–H groups in total. The zero-order valence-electron chi connectivity index (χ0n) is 10.2. The number of imide groups is 1. The Morgan fingerprint density at radius 2 is 1.94 bits per heavy atom. The molecule has 96 valence electrons. The van der Waals surface area contributed by atoms with Crippen LogP contribution in [-0.2, 0) is 9.59 Å². The molecule has 17 heavy (non-hydrogen) atoms. The number of rotatable bonds is 4. The highest BCUT2D eigenvalue weighted by Crippen LogP contribution is 2.26. The summed E-state index contributed by atoms with van der Waals surface area (Å²) < 4.78 is 0. The number of amides is 4. The molecule has 0 aromatic rings. The van der Waals surface area contributed by atoms with Gasteiger partial charge in [0.25, 0.3) is 0 Å². The minimum absolute atomic E-state index is 0.0734. The molecule has 0 heterocycles. The fraction of sp³-hybridized carbons (Fsp3) is 0.727. The number of hydrogen-bond donors (Lipinski definition) is 3. The van der Waals surface area contributed by atoms with Crippen molar-refractivity contribution in [3.05, 3.63) is 0 Å². The van der Waals surface area contributed by atoms with E-state index in [9.17, 15) is 14.4 Å². The highest BCUT2D eigenvalue weighted by molar-refractivity contribution is 5.96. The molecular weight excluding hydrogens is 222 g/mol. The van der Waals surface area contributed by atoms with E-state index >= 15 is 0 Å². The fourth-order valence-electron chi connectivity index (χ4n) is 1.92. The first-order chi connectivity index (χ1) is 7.88. The molecule has 1 fully saturated rings. The van der Waals surface area contributed by atoms with Crippen LogP contribution < -0.4 is 16.4 Å². The molecule has 0 aliphatic heterocycles. The van der Waals surface area contributed by atoms with E-state index in [0.717, 1.165) is 12.8 Å². The molecule has 1 rings (SSSR count). The molecule has 1 saturated carbocycles. The Bertz CT molecular complexity index is 324. The van der Waals surface area contributed by atoms with E-state index in [1.807, 2.05) is 5.32 Å². The summed E-state index contributed by atoms with van der Waals surface area (Å²) in [4.78, 5) is 33.3. The standard InChI is InChI=1S/C11H19N3O3/c1-6-3-8(4-6)13-9(15)5-7(2)10(16)14-11(12)17/h6-8H,3-5H2,1-2H3,(H,13,15)(H3,12,14,16,17). The first kappa shape index (κ1) is 13.5. The normalized spacial score (nSPS) is 24.4. The minimum atomic E-state index is -0.893. The monoisotopic (exact) mass is 241 g/mol. The van der Waals surface area contributed by atoms with Crippen molar-refractivity contribution in [2.75, 3.05) is 0 Å². The molecule has 0 saturated heterocycles. The van der Waals surface area contributed by atoms with Crippen molar-refractivity contribution in [3.8, 4) is 0 Å². The van der Waals surface area contributed by atoms with Gasteiger partial charge in [-0.3, -0.25) is 14.9 Å². The summed E-state index contributed by atoms with van der Waals surface area (Å²) in [6, 6.07) is -0.654. The molecule has 0 radical (unpaired) electrons. The van der Waals surface area contributed by atoms with Gasteiger partial charge in [0, 0.05) is 18.4 Å². The van der Waals surface area contributed by atoms with Crippen LogP contribution in [0, 0.1) is 11.8 Å². The Morgan fingerprint density at radius 1 is 1.35 bits per heavy atom. The fourth-order valence-corrected chi connectivity index (χ4v) is 1.92. The predicted molar refractivity (Wildman–Crippen MR) is 61.8 cm³/mol. The second-order valence-corrected chi connectivity index (χ2v) is 4.80. The third-order valence-electron chi connectivity index (χ3n) is 2.92. The number of urea groups is 1. The van der Waals surface area contributed by atoms with Crippen molar-refractivity contribution in [1.82, 2.24) is 10.6 Å². The van der Waals surface area contributed by atoms with Crippen molar-refractivity contribution in [3.63, 3.8) is 0 Å². The Morgan fingerprint density at radius 3 is 2.41 bits per heavy atom. The number of carbonyl (C=O) groups is 3. The summed E-state index contributed by atoms with van der Waals surface area (Å²) in [5.74, 6) is -0.570. The second kappa shape index (κ2) is 5.65. The first-order valence-electron chi connectivity index (χ1n) is 5.78. The molecule has 4 amide bonds. The van der Waals surface area contributed by atoms with Crippen LogP contribution in [0.2, 0.25) is 0 Å². The second-order valence-electron chi connectivity index (χ2n) is 4.80. The van der Waals surface area contributed by atoms with Gasteiger partial charge in [0.15, 0.2) is 0 Å². The van der Waals surface area contributed by atoms with Gasteiger partial charge >= 0.3 is 6.03 Å². The van der Waals surface area contributed by atoms with Crippen LogP contribution in [0.15, 0.2) is 0 Å². The van der Waals surface area contributed by atoms with Crippen molar-refractivity contribution in [2.24, 2.45) is 17.6 Å². The molecule has 0 aromatic carbocycles. The molecule has 0 aromatic heterocycles. The number of carbonyl (C=O) groups excluding carboxylic acids is 3. The third-order valence-corrected chi connectivity index (χ3v) is 2.92. The quantitative estimate of drug-likeness (QED) is 0.651. The van der Waals surface area contributed by atoms with Gasteiger partial charge in [0.05, 0.1) is 0 Å². The Labute approximate surface area is 100 Å². The van der Waals surface area contributed by atoms with Gasteiger partial charge in [0.1, 0.15) is 0 Å². The molecule has 0 spiro atoms. The van der Waals surface area contributed by atoms with Crippen LogP contribution in [0.1, 0.15) is 33.1 Å². The Kier molecular flexibility index (Phi) is 4.48. The average Bonchev–Trinajstić information content (AvgIpc) is 2.13. The lowest BCUT2D eigenvalue weighted by atomic mass is 9.82. The van der Waals surface area contributed by atoms with Crippen molar-refractivity contribution >= 4 is 17.8 Å². The number of nitrogens with two attached hydrogens (primary N) is 1. The van der Waals surface area contributed by atoms with Crippen LogP contribution >= 0.6 is 0 Å². The van der Waals surface area contributed by atoms with Crippen LogP contribution in [-0.4, -0.2) is 23.9 Å². The lowest BCUT2D eigenvalue weighted by molar-refractivity contribution is -0.129. The van der Waals surface area contributed by atoms with E-state index in [1.54, 1.807) is 6.92 Å². The number of primary amides is 1. The molecule has 0 bridgehead atoms. The van der Waals surface area contributed by atoms with Crippen LogP contribution in [0.4, 0.5) is 4.79 Å². The molecule has 1 aliphatic carbocycles. The van der Waals surface area contributed by atoms with Crippen LogP contribution in [0.3, 0.4) is 0 Å². The lowest BCUT2D eigenvalue weighted by Crippen LogP contribution is -2.45. The zero-order valence-corrected chi connectivity index (χ0v) is 10.2. The smallest absolute Gasteiger partial charge is 0.318 e. The molecule has 1 aliphatic rings. The predicted octanol–water partition coefficient (Wildman–Crippen LogP) is 0.122. The summed E-state index contributed by atoms with van der Waals surface area (Å²) in [6.45, 7) is 3.72. The maximum atomic E-state index is 11.5. The zero-order chi connectivity index (χ0) is 13.0. The molecule has 1 atom stereocenters. The van der Waals surface area contributed by atoms with Gasteiger partial charge in [-0.25, -0.2) is 4.79 Å². The summed E-state index contributed by atoms with van der Waals surface area (Å²) >= 11 is 0. The first-order valence-corrected chi connectivity index (χ1v) is 5.78. The van der Waals surface area contributed by atoms with E-state index in [2.05, 4.69) is 12.2 Å². The molecular formula is C11H19N3O3. The van der Waals surface area contributed by atoms with E-state index in [4.69, 9.17) is 5.73 Å². The molecule has 6 nitrogen and oxygen atoms in total. The topological polar surface area (TPSA) is 101 Å².